The molecule has 0 fully saturated rings. The van der Waals surface area contributed by atoms with Crippen LogP contribution in [0.3, 0.4) is 0 Å². The van der Waals surface area contributed by atoms with Crippen molar-refractivity contribution in [2.45, 2.75) is 20.0 Å². The van der Waals surface area contributed by atoms with Gasteiger partial charge in [-0.15, -0.1) is 0 Å². The molecule has 164 valence electrons. The molecule has 0 saturated carbocycles. The summed E-state index contributed by atoms with van der Waals surface area (Å²) in [7, 11) is 3.13. The molecule has 2 aromatic carbocycles. The molecule has 0 amide bonds. The summed E-state index contributed by atoms with van der Waals surface area (Å²) in [6.45, 7) is 1.74. The van der Waals surface area contributed by atoms with E-state index in [0.29, 0.717) is 17.3 Å². The normalized spacial score (nSPS) is 11.0. The van der Waals surface area contributed by atoms with E-state index in [1.807, 2.05) is 0 Å². The third kappa shape index (κ3) is 3.94. The Morgan fingerprint density at radius 2 is 1.28 bits per heavy atom. The average molecular weight is 434 g/mol. The fourth-order valence-electron chi connectivity index (χ4n) is 3.61. The van der Waals surface area contributed by atoms with Gasteiger partial charge in [0.1, 0.15) is 22.8 Å². The molecule has 0 bridgehead atoms. The highest BCUT2D eigenvalue weighted by molar-refractivity contribution is 5.76. The van der Waals surface area contributed by atoms with Crippen molar-refractivity contribution < 1.29 is 13.9 Å². The molecule has 32 heavy (non-hydrogen) atoms. The Kier molecular flexibility index (Phi) is 5.68. The van der Waals surface area contributed by atoms with Crippen LogP contribution in [0.2, 0.25) is 0 Å². The zero-order valence-corrected chi connectivity index (χ0v) is 18.0. The highest BCUT2D eigenvalue weighted by Gasteiger charge is 2.18. The Morgan fingerprint density at radius 1 is 0.781 bits per heavy atom. The molecule has 0 unspecified atom stereocenters. The molecule has 0 aliphatic rings. The first-order valence-corrected chi connectivity index (χ1v) is 9.95. The Balaban J connectivity index is 1.91. The van der Waals surface area contributed by atoms with Gasteiger partial charge in [-0.25, -0.2) is 9.59 Å². The predicted octanol–water partition coefficient (Wildman–Crippen LogP) is 2.54. The van der Waals surface area contributed by atoms with Crippen LogP contribution in [0.1, 0.15) is 16.9 Å². The topological polar surface area (TPSA) is 92.7 Å². The number of rotatable bonds is 6. The highest BCUT2D eigenvalue weighted by atomic mass is 16.5. The van der Waals surface area contributed by atoms with Gasteiger partial charge < -0.3 is 13.9 Å². The number of benzene rings is 2. The average Bonchev–Trinajstić information content (AvgIpc) is 2.80. The molecule has 0 aliphatic heterocycles. The molecule has 0 aliphatic carbocycles. The van der Waals surface area contributed by atoms with Gasteiger partial charge in [0.15, 0.2) is 0 Å². The lowest BCUT2D eigenvalue weighted by Crippen LogP contribution is -2.42. The molecule has 8 heteroatoms. The van der Waals surface area contributed by atoms with E-state index in [1.54, 1.807) is 69.7 Å². The van der Waals surface area contributed by atoms with Crippen LogP contribution in [0.15, 0.2) is 73.4 Å². The van der Waals surface area contributed by atoms with Crippen LogP contribution in [-0.4, -0.2) is 23.4 Å². The largest absolute Gasteiger partial charge is 0.497 e. The molecule has 0 saturated heterocycles. The second kappa shape index (κ2) is 8.58. The van der Waals surface area contributed by atoms with Gasteiger partial charge in [-0.05, 0) is 48.4 Å². The Morgan fingerprint density at radius 3 is 1.78 bits per heavy atom. The van der Waals surface area contributed by atoms with E-state index in [4.69, 9.17) is 13.9 Å². The molecule has 4 aromatic rings. The van der Waals surface area contributed by atoms with Crippen LogP contribution in [-0.2, 0) is 13.1 Å². The number of ether oxygens (including phenoxy) is 2. The van der Waals surface area contributed by atoms with Crippen LogP contribution in [0.4, 0.5) is 0 Å². The van der Waals surface area contributed by atoms with Crippen LogP contribution < -0.4 is 26.3 Å². The smallest absolute Gasteiger partial charge is 0.361 e. The molecule has 2 aromatic heterocycles. The first kappa shape index (κ1) is 21.2. The molecule has 0 radical (unpaired) electrons. The summed E-state index contributed by atoms with van der Waals surface area (Å²) in [4.78, 5) is 39.2. The first-order valence-electron chi connectivity index (χ1n) is 9.95. The summed E-state index contributed by atoms with van der Waals surface area (Å²) in [5, 5.41) is 0.139. The van der Waals surface area contributed by atoms with Crippen molar-refractivity contribution in [3.63, 3.8) is 0 Å². The molecule has 4 rings (SSSR count). The van der Waals surface area contributed by atoms with Crippen LogP contribution >= 0.6 is 0 Å². The van der Waals surface area contributed by atoms with Crippen LogP contribution in [0, 0.1) is 6.92 Å². The fraction of sp³-hybridized carbons (Fsp3) is 0.208. The van der Waals surface area contributed by atoms with Gasteiger partial charge in [-0.1, -0.05) is 24.3 Å². The zero-order chi connectivity index (χ0) is 22.8. The number of fused-ring (bicyclic) bond motifs is 1. The quantitative estimate of drug-likeness (QED) is 0.463. The summed E-state index contributed by atoms with van der Waals surface area (Å²) >= 11 is 0. The van der Waals surface area contributed by atoms with Gasteiger partial charge in [-0.3, -0.25) is 13.9 Å². The second-order valence-electron chi connectivity index (χ2n) is 7.36. The van der Waals surface area contributed by atoms with Gasteiger partial charge in [-0.2, -0.15) is 0 Å². The number of methoxy groups -OCH3 is 2. The molecular formula is C24H22N2O6. The summed E-state index contributed by atoms with van der Waals surface area (Å²) in [5.41, 5.74) is -0.386. The summed E-state index contributed by atoms with van der Waals surface area (Å²) in [5.74, 6) is 1.64. The first-order chi connectivity index (χ1) is 15.4. The number of hydrogen-bond donors (Lipinski definition) is 0. The Labute approximate surface area is 182 Å². The van der Waals surface area contributed by atoms with Gasteiger partial charge in [0.05, 0.1) is 32.7 Å². The van der Waals surface area contributed by atoms with Gasteiger partial charge in [0.2, 0.25) is 0 Å². The van der Waals surface area contributed by atoms with Crippen molar-refractivity contribution in [3.05, 3.63) is 103 Å². The van der Waals surface area contributed by atoms with Crippen molar-refractivity contribution in [1.82, 2.24) is 9.13 Å². The van der Waals surface area contributed by atoms with Crippen LogP contribution in [0.5, 0.6) is 11.5 Å². The number of aromatic nitrogens is 2. The fourth-order valence-corrected chi connectivity index (χ4v) is 3.61. The lowest BCUT2D eigenvalue weighted by atomic mass is 10.2. The Hall–Kier alpha value is -4.07. The molecule has 8 nitrogen and oxygen atoms in total. The van der Waals surface area contributed by atoms with Crippen molar-refractivity contribution in [2.75, 3.05) is 14.2 Å². The van der Waals surface area contributed by atoms with E-state index in [0.717, 1.165) is 15.7 Å². The minimum Gasteiger partial charge on any atom is -0.497 e. The lowest BCUT2D eigenvalue weighted by molar-refractivity contribution is 0.414. The number of hydrogen-bond acceptors (Lipinski definition) is 6. The third-order valence-electron chi connectivity index (χ3n) is 5.26. The minimum atomic E-state index is -0.723. The monoisotopic (exact) mass is 434 g/mol. The SMILES string of the molecule is COc1ccc(Cn2c(=O)c3cc(C)oc(=O)c3n(Cc3ccc(OC)cc3)c2=O)cc1. The number of nitrogens with zero attached hydrogens (tertiary/aromatic N) is 2. The van der Waals surface area contributed by atoms with Crippen LogP contribution in [0.25, 0.3) is 10.9 Å². The molecule has 2 heterocycles. The molecule has 0 atom stereocenters. The van der Waals surface area contributed by atoms with E-state index >= 15 is 0 Å². The zero-order valence-electron chi connectivity index (χ0n) is 18.0. The summed E-state index contributed by atoms with van der Waals surface area (Å²) in [6.07, 6.45) is 0. The maximum Gasteiger partial charge on any atom is 0.361 e. The van der Waals surface area contributed by atoms with E-state index in [2.05, 4.69) is 0 Å². The maximum atomic E-state index is 13.4. The van der Waals surface area contributed by atoms with Gasteiger partial charge in [0, 0.05) is 0 Å². The standard InChI is InChI=1S/C24H22N2O6/c1-15-12-20-21(23(28)32-15)25(13-16-4-8-18(30-2)9-5-16)24(29)26(22(20)27)14-17-6-10-19(31-3)11-7-17/h4-12H,13-14H2,1-3H3. The van der Waals surface area contributed by atoms with Crippen molar-refractivity contribution in [3.8, 4) is 11.5 Å². The van der Waals surface area contributed by atoms with Gasteiger partial charge in [0.25, 0.3) is 5.56 Å². The highest BCUT2D eigenvalue weighted by Crippen LogP contribution is 2.15. The van der Waals surface area contributed by atoms with Crippen molar-refractivity contribution in [1.29, 1.82) is 0 Å². The van der Waals surface area contributed by atoms with Gasteiger partial charge >= 0.3 is 11.3 Å². The maximum absolute atomic E-state index is 13.4. The van der Waals surface area contributed by atoms with E-state index in [1.165, 1.54) is 10.6 Å². The van der Waals surface area contributed by atoms with E-state index in [-0.39, 0.29) is 24.0 Å². The molecular weight excluding hydrogens is 412 g/mol. The predicted molar refractivity (Wildman–Crippen MR) is 120 cm³/mol. The molecule has 0 N–H and O–H groups in total. The summed E-state index contributed by atoms with van der Waals surface area (Å²) in [6, 6.07) is 15.7. The Bertz CT molecular complexity index is 1440. The minimum absolute atomic E-state index is 0.0487. The van der Waals surface area contributed by atoms with E-state index in [9.17, 15) is 14.4 Å². The van der Waals surface area contributed by atoms with Crippen molar-refractivity contribution >= 4 is 10.9 Å². The second-order valence-corrected chi connectivity index (χ2v) is 7.36. The third-order valence-corrected chi connectivity index (χ3v) is 5.26. The molecule has 0 spiro atoms. The van der Waals surface area contributed by atoms with E-state index < -0.39 is 16.9 Å². The lowest BCUT2D eigenvalue weighted by Gasteiger charge is -2.14. The van der Waals surface area contributed by atoms with Crippen molar-refractivity contribution in [2.24, 2.45) is 0 Å². The summed E-state index contributed by atoms with van der Waals surface area (Å²) < 4.78 is 18.0. The number of aryl methyl sites for hydroxylation is 1.